The number of carbonyl (C=O) groups is 1. The second kappa shape index (κ2) is 7.86. The van der Waals surface area contributed by atoms with Crippen LogP contribution in [0.4, 0.5) is 0 Å². The summed E-state index contributed by atoms with van der Waals surface area (Å²) in [7, 11) is 0. The Morgan fingerprint density at radius 2 is 2.04 bits per heavy atom. The van der Waals surface area contributed by atoms with E-state index < -0.39 is 17.2 Å². The number of aromatic nitrogens is 3. The standard InChI is InChI=1S/C18H21ClN4O3/c1-10(11-6-3-2-4-7-11)20-17(25)14-15(24)18(26)23-16(22-14)12-8-5-9-13(19)21-12/h5,8-11,24H,2-4,6-7H2,1H3,(H,20,25)(H,22,23,26)/t10-/m1/s1. The molecule has 0 aromatic carbocycles. The number of hydrogen-bond donors (Lipinski definition) is 3. The van der Waals surface area contributed by atoms with Crippen molar-refractivity contribution < 1.29 is 9.90 Å². The van der Waals surface area contributed by atoms with Crippen LogP contribution in [-0.4, -0.2) is 32.0 Å². The fourth-order valence-electron chi connectivity index (χ4n) is 3.31. The van der Waals surface area contributed by atoms with Crippen LogP contribution < -0.4 is 10.9 Å². The molecule has 0 radical (unpaired) electrons. The summed E-state index contributed by atoms with van der Waals surface area (Å²) in [6.07, 6.45) is 5.67. The maximum absolute atomic E-state index is 12.6. The van der Waals surface area contributed by atoms with Crippen molar-refractivity contribution in [1.82, 2.24) is 20.3 Å². The van der Waals surface area contributed by atoms with Gasteiger partial charge < -0.3 is 15.4 Å². The number of nitrogens with zero attached hydrogens (tertiary/aromatic N) is 2. The maximum Gasteiger partial charge on any atom is 0.294 e. The molecule has 138 valence electrons. The largest absolute Gasteiger partial charge is 0.501 e. The predicted molar refractivity (Wildman–Crippen MR) is 98.3 cm³/mol. The fraction of sp³-hybridized carbons (Fsp3) is 0.444. The first-order valence-electron chi connectivity index (χ1n) is 8.73. The number of nitrogens with one attached hydrogen (secondary N) is 2. The molecule has 2 aromatic rings. The highest BCUT2D eigenvalue weighted by Crippen LogP contribution is 2.26. The Balaban J connectivity index is 1.86. The van der Waals surface area contributed by atoms with Crippen LogP contribution in [0.1, 0.15) is 49.5 Å². The molecular weight excluding hydrogens is 356 g/mol. The van der Waals surface area contributed by atoms with E-state index in [0.29, 0.717) is 11.6 Å². The van der Waals surface area contributed by atoms with Gasteiger partial charge in [0.25, 0.3) is 11.5 Å². The third-order valence-electron chi connectivity index (χ3n) is 4.78. The average molecular weight is 377 g/mol. The Morgan fingerprint density at radius 3 is 2.73 bits per heavy atom. The average Bonchev–Trinajstić information content (AvgIpc) is 2.64. The fourth-order valence-corrected chi connectivity index (χ4v) is 3.48. The molecule has 1 saturated carbocycles. The first kappa shape index (κ1) is 18.4. The summed E-state index contributed by atoms with van der Waals surface area (Å²) in [6, 6.07) is 4.79. The zero-order valence-electron chi connectivity index (χ0n) is 14.5. The van der Waals surface area contributed by atoms with Gasteiger partial charge in [0.2, 0.25) is 5.75 Å². The van der Waals surface area contributed by atoms with Crippen LogP contribution >= 0.6 is 11.6 Å². The molecule has 0 aliphatic heterocycles. The van der Waals surface area contributed by atoms with Gasteiger partial charge in [-0.2, -0.15) is 0 Å². The molecule has 0 unspecified atom stereocenters. The lowest BCUT2D eigenvalue weighted by molar-refractivity contribution is 0.0911. The molecule has 1 aliphatic carbocycles. The van der Waals surface area contributed by atoms with Gasteiger partial charge >= 0.3 is 0 Å². The molecule has 2 heterocycles. The second-order valence-electron chi connectivity index (χ2n) is 6.62. The van der Waals surface area contributed by atoms with Gasteiger partial charge in [0.15, 0.2) is 11.5 Å². The molecule has 26 heavy (non-hydrogen) atoms. The lowest BCUT2D eigenvalue weighted by atomic mass is 9.84. The normalized spacial score (nSPS) is 16.2. The van der Waals surface area contributed by atoms with Crippen molar-refractivity contribution in [3.63, 3.8) is 0 Å². The molecule has 0 bridgehead atoms. The van der Waals surface area contributed by atoms with E-state index in [1.807, 2.05) is 6.92 Å². The number of H-pyrrole nitrogens is 1. The highest BCUT2D eigenvalue weighted by molar-refractivity contribution is 6.29. The van der Waals surface area contributed by atoms with Crippen LogP contribution in [0.5, 0.6) is 5.75 Å². The number of amides is 1. The maximum atomic E-state index is 12.6. The number of pyridine rings is 1. The highest BCUT2D eigenvalue weighted by Gasteiger charge is 2.25. The van der Waals surface area contributed by atoms with E-state index in [9.17, 15) is 14.7 Å². The smallest absolute Gasteiger partial charge is 0.294 e. The minimum Gasteiger partial charge on any atom is -0.501 e. The molecule has 3 N–H and O–H groups in total. The van der Waals surface area contributed by atoms with Crippen molar-refractivity contribution in [1.29, 1.82) is 0 Å². The number of rotatable bonds is 4. The van der Waals surface area contributed by atoms with Crippen LogP contribution in [0.2, 0.25) is 5.15 Å². The van der Waals surface area contributed by atoms with Gasteiger partial charge in [-0.25, -0.2) is 9.97 Å². The molecular formula is C18H21ClN4O3. The molecule has 1 aliphatic rings. The van der Waals surface area contributed by atoms with Crippen molar-refractivity contribution in [2.75, 3.05) is 0 Å². The van der Waals surface area contributed by atoms with Crippen LogP contribution in [0.15, 0.2) is 23.0 Å². The zero-order chi connectivity index (χ0) is 18.7. The first-order chi connectivity index (χ1) is 12.5. The highest BCUT2D eigenvalue weighted by atomic mass is 35.5. The zero-order valence-corrected chi connectivity index (χ0v) is 15.2. The third kappa shape index (κ3) is 4.04. The Labute approximate surface area is 155 Å². The van der Waals surface area contributed by atoms with Crippen LogP contribution in [0.3, 0.4) is 0 Å². The molecule has 0 saturated heterocycles. The van der Waals surface area contributed by atoms with Crippen molar-refractivity contribution in [2.24, 2.45) is 5.92 Å². The van der Waals surface area contributed by atoms with Crippen LogP contribution in [-0.2, 0) is 0 Å². The summed E-state index contributed by atoms with van der Waals surface area (Å²) in [6.45, 7) is 1.94. The quantitative estimate of drug-likeness (QED) is 0.711. The molecule has 1 amide bonds. The summed E-state index contributed by atoms with van der Waals surface area (Å²) in [5.74, 6) is -0.809. The van der Waals surface area contributed by atoms with Crippen molar-refractivity contribution >= 4 is 17.5 Å². The van der Waals surface area contributed by atoms with E-state index in [1.165, 1.54) is 6.42 Å². The van der Waals surface area contributed by atoms with E-state index in [2.05, 4.69) is 20.3 Å². The van der Waals surface area contributed by atoms with E-state index in [0.717, 1.165) is 25.7 Å². The summed E-state index contributed by atoms with van der Waals surface area (Å²) in [5, 5.41) is 13.1. The summed E-state index contributed by atoms with van der Waals surface area (Å²) < 4.78 is 0. The van der Waals surface area contributed by atoms with Crippen LogP contribution in [0.25, 0.3) is 11.5 Å². The van der Waals surface area contributed by atoms with Gasteiger partial charge in [0.1, 0.15) is 10.8 Å². The number of halogens is 1. The molecule has 8 heteroatoms. The minimum absolute atomic E-state index is 0.0592. The Bertz CT molecular complexity index is 862. The Hall–Kier alpha value is -2.41. The molecule has 1 fully saturated rings. The monoisotopic (exact) mass is 376 g/mol. The predicted octanol–water partition coefficient (Wildman–Crippen LogP) is 2.89. The van der Waals surface area contributed by atoms with Crippen LogP contribution in [0, 0.1) is 5.92 Å². The second-order valence-corrected chi connectivity index (χ2v) is 7.00. The molecule has 1 atom stereocenters. The number of aromatic amines is 1. The number of hydrogen-bond acceptors (Lipinski definition) is 5. The number of aromatic hydroxyl groups is 1. The molecule has 7 nitrogen and oxygen atoms in total. The Morgan fingerprint density at radius 1 is 1.31 bits per heavy atom. The summed E-state index contributed by atoms with van der Waals surface area (Å²) >= 11 is 5.86. The summed E-state index contributed by atoms with van der Waals surface area (Å²) in [4.78, 5) is 35.2. The van der Waals surface area contributed by atoms with Crippen molar-refractivity contribution in [2.45, 2.75) is 45.1 Å². The SMILES string of the molecule is C[C@@H](NC(=O)c1nc(-c2cccc(Cl)n2)[nH]c(=O)c1O)C1CCCCC1. The van der Waals surface area contributed by atoms with E-state index >= 15 is 0 Å². The van der Waals surface area contributed by atoms with Gasteiger partial charge in [-0.15, -0.1) is 0 Å². The first-order valence-corrected chi connectivity index (χ1v) is 9.10. The summed E-state index contributed by atoms with van der Waals surface area (Å²) in [5.41, 5.74) is -0.801. The topological polar surface area (TPSA) is 108 Å². The van der Waals surface area contributed by atoms with E-state index in [4.69, 9.17) is 11.6 Å². The molecule has 3 rings (SSSR count). The van der Waals surface area contributed by atoms with Crippen molar-refractivity contribution in [3.8, 4) is 17.3 Å². The van der Waals surface area contributed by atoms with Gasteiger partial charge in [0, 0.05) is 6.04 Å². The molecule has 2 aromatic heterocycles. The lowest BCUT2D eigenvalue weighted by Crippen LogP contribution is -2.39. The molecule has 0 spiro atoms. The third-order valence-corrected chi connectivity index (χ3v) is 4.99. The van der Waals surface area contributed by atoms with Gasteiger partial charge in [-0.3, -0.25) is 9.59 Å². The van der Waals surface area contributed by atoms with Gasteiger partial charge in [-0.05, 0) is 37.8 Å². The Kier molecular flexibility index (Phi) is 5.56. The van der Waals surface area contributed by atoms with E-state index in [-0.39, 0.29) is 22.7 Å². The van der Waals surface area contributed by atoms with E-state index in [1.54, 1.807) is 18.2 Å². The minimum atomic E-state index is -0.799. The van der Waals surface area contributed by atoms with Crippen molar-refractivity contribution in [3.05, 3.63) is 39.4 Å². The number of carbonyl (C=O) groups excluding carboxylic acids is 1. The van der Waals surface area contributed by atoms with Gasteiger partial charge in [0.05, 0.1) is 0 Å². The van der Waals surface area contributed by atoms with Gasteiger partial charge in [-0.1, -0.05) is 36.9 Å². The lowest BCUT2D eigenvalue weighted by Gasteiger charge is -2.28.